The molecule has 2 amide bonds. The molecule has 0 radical (unpaired) electrons. The highest BCUT2D eigenvalue weighted by atomic mass is 19.1. The molecule has 0 fully saturated rings. The van der Waals surface area contributed by atoms with E-state index in [0.717, 1.165) is 16.8 Å². The van der Waals surface area contributed by atoms with Gasteiger partial charge in [0, 0.05) is 31.0 Å². The van der Waals surface area contributed by atoms with Crippen LogP contribution in [-0.4, -0.2) is 45.3 Å². The van der Waals surface area contributed by atoms with E-state index in [2.05, 4.69) is 4.57 Å². The Morgan fingerprint density at radius 2 is 1.53 bits per heavy atom. The lowest BCUT2D eigenvalue weighted by molar-refractivity contribution is -0.143. The van der Waals surface area contributed by atoms with Gasteiger partial charge >= 0.3 is 0 Å². The predicted molar refractivity (Wildman–Crippen MR) is 146 cm³/mol. The van der Waals surface area contributed by atoms with Gasteiger partial charge in [0.05, 0.1) is 12.0 Å². The highest BCUT2D eigenvalue weighted by Crippen LogP contribution is 2.33. The fourth-order valence-corrected chi connectivity index (χ4v) is 5.37. The number of nitrogens with zero attached hydrogens (tertiary/aromatic N) is 3. The summed E-state index contributed by atoms with van der Waals surface area (Å²) in [6.45, 7) is 4.93. The van der Waals surface area contributed by atoms with E-state index in [9.17, 15) is 14.0 Å². The monoisotopic (exact) mass is 509 g/mol. The lowest BCUT2D eigenvalue weighted by Gasteiger charge is -2.39. The highest BCUT2D eigenvalue weighted by molar-refractivity contribution is 5.91. The zero-order chi connectivity index (χ0) is 26.6. The van der Waals surface area contributed by atoms with Crippen LogP contribution in [0.1, 0.15) is 48.2 Å². The van der Waals surface area contributed by atoms with Crippen molar-refractivity contribution in [3.8, 4) is 0 Å². The molecule has 1 atom stereocenters. The molecular weight excluding hydrogens is 477 g/mol. The first kappa shape index (κ1) is 25.5. The van der Waals surface area contributed by atoms with Gasteiger partial charge in [-0.25, -0.2) is 4.39 Å². The minimum atomic E-state index is -0.523. The molecule has 1 aliphatic rings. The van der Waals surface area contributed by atoms with Gasteiger partial charge in [-0.05, 0) is 54.8 Å². The second kappa shape index (κ2) is 11.1. The summed E-state index contributed by atoms with van der Waals surface area (Å²) in [7, 11) is 0. The molecule has 6 heteroatoms. The largest absolute Gasteiger partial charge is 0.348 e. The maximum absolute atomic E-state index is 14.2. The molecule has 5 rings (SSSR count). The Bertz CT molecular complexity index is 1360. The third kappa shape index (κ3) is 5.12. The average Bonchev–Trinajstić information content (AvgIpc) is 3.41. The van der Waals surface area contributed by atoms with Crippen LogP contribution in [0, 0.1) is 5.82 Å². The number of aromatic nitrogens is 1. The predicted octanol–water partition coefficient (Wildman–Crippen LogP) is 5.63. The van der Waals surface area contributed by atoms with Crippen LogP contribution in [0.2, 0.25) is 0 Å². The van der Waals surface area contributed by atoms with Gasteiger partial charge in [-0.1, -0.05) is 72.8 Å². The van der Waals surface area contributed by atoms with E-state index in [1.54, 1.807) is 15.9 Å². The number of fused-ring (bicyclic) bond motifs is 1. The van der Waals surface area contributed by atoms with E-state index in [1.807, 2.05) is 98.9 Å². The van der Waals surface area contributed by atoms with Gasteiger partial charge in [-0.2, -0.15) is 0 Å². The standard InChI is InChI=1S/C32H32FN3O2/c1-23(2)36(32(38)30(24-11-5-3-6-12-24)25-13-7-4-8-14-25)22-29(37)35-20-19-34-18-10-17-28(34)31(35)26-15-9-16-27(33)21-26/h3-18,21,23,30-31H,19-20,22H2,1-2H3. The van der Waals surface area contributed by atoms with E-state index < -0.39 is 12.0 Å². The Morgan fingerprint density at radius 1 is 0.868 bits per heavy atom. The third-order valence-corrected chi connectivity index (χ3v) is 7.25. The van der Waals surface area contributed by atoms with Crippen LogP contribution < -0.4 is 0 Å². The zero-order valence-corrected chi connectivity index (χ0v) is 21.7. The summed E-state index contributed by atoms with van der Waals surface area (Å²) in [4.78, 5) is 31.6. The molecule has 0 spiro atoms. The maximum Gasteiger partial charge on any atom is 0.243 e. The van der Waals surface area contributed by atoms with Gasteiger partial charge in [-0.15, -0.1) is 0 Å². The van der Waals surface area contributed by atoms with Crippen molar-refractivity contribution in [1.29, 1.82) is 0 Å². The van der Waals surface area contributed by atoms with Gasteiger partial charge < -0.3 is 14.4 Å². The summed E-state index contributed by atoms with van der Waals surface area (Å²) >= 11 is 0. The Labute approximate surface area is 223 Å². The molecule has 2 heterocycles. The van der Waals surface area contributed by atoms with Crippen molar-refractivity contribution in [3.05, 3.63) is 131 Å². The SMILES string of the molecule is CC(C)N(CC(=O)N1CCn2cccc2C1c1cccc(F)c1)C(=O)C(c1ccccc1)c1ccccc1. The van der Waals surface area contributed by atoms with Gasteiger partial charge in [0.15, 0.2) is 0 Å². The van der Waals surface area contributed by atoms with Crippen molar-refractivity contribution < 1.29 is 14.0 Å². The number of benzene rings is 3. The molecule has 0 aliphatic carbocycles. The first-order valence-electron chi connectivity index (χ1n) is 13.0. The van der Waals surface area contributed by atoms with Crippen LogP contribution >= 0.6 is 0 Å². The minimum Gasteiger partial charge on any atom is -0.348 e. The molecular formula is C32H32FN3O2. The van der Waals surface area contributed by atoms with Gasteiger partial charge in [-0.3, -0.25) is 9.59 Å². The van der Waals surface area contributed by atoms with Crippen molar-refractivity contribution in [3.63, 3.8) is 0 Å². The van der Waals surface area contributed by atoms with Crippen LogP contribution in [-0.2, 0) is 16.1 Å². The normalized spacial score (nSPS) is 15.0. The Kier molecular flexibility index (Phi) is 7.40. The lowest BCUT2D eigenvalue weighted by atomic mass is 9.89. The quantitative estimate of drug-likeness (QED) is 0.324. The third-order valence-electron chi connectivity index (χ3n) is 7.25. The van der Waals surface area contributed by atoms with Gasteiger partial charge in [0.1, 0.15) is 12.4 Å². The highest BCUT2D eigenvalue weighted by Gasteiger charge is 2.36. The smallest absolute Gasteiger partial charge is 0.243 e. The van der Waals surface area contributed by atoms with E-state index >= 15 is 0 Å². The maximum atomic E-state index is 14.2. The lowest BCUT2D eigenvalue weighted by Crippen LogP contribution is -2.50. The van der Waals surface area contributed by atoms with E-state index in [0.29, 0.717) is 18.7 Å². The fourth-order valence-electron chi connectivity index (χ4n) is 5.37. The second-order valence-corrected chi connectivity index (χ2v) is 9.99. The van der Waals surface area contributed by atoms with Crippen LogP contribution in [0.25, 0.3) is 0 Å². The van der Waals surface area contributed by atoms with E-state index in [1.165, 1.54) is 12.1 Å². The minimum absolute atomic E-state index is 0.0564. The number of hydrogen-bond acceptors (Lipinski definition) is 2. The van der Waals surface area contributed by atoms with Crippen LogP contribution in [0.15, 0.2) is 103 Å². The molecule has 0 bridgehead atoms. The number of carbonyl (C=O) groups excluding carboxylic acids is 2. The van der Waals surface area contributed by atoms with Crippen molar-refractivity contribution >= 4 is 11.8 Å². The number of hydrogen-bond donors (Lipinski definition) is 0. The van der Waals surface area contributed by atoms with Crippen molar-refractivity contribution in [1.82, 2.24) is 14.4 Å². The molecule has 0 saturated carbocycles. The Morgan fingerprint density at radius 3 is 2.13 bits per heavy atom. The van der Waals surface area contributed by atoms with Crippen LogP contribution in [0.5, 0.6) is 0 Å². The van der Waals surface area contributed by atoms with Gasteiger partial charge in [0.25, 0.3) is 0 Å². The molecule has 0 N–H and O–H groups in total. The summed E-state index contributed by atoms with van der Waals surface area (Å²) in [5, 5.41) is 0. The van der Waals surface area contributed by atoms with E-state index in [4.69, 9.17) is 0 Å². The molecule has 1 aromatic heterocycles. The summed E-state index contributed by atoms with van der Waals surface area (Å²) in [6, 6.07) is 29.1. The molecule has 38 heavy (non-hydrogen) atoms. The summed E-state index contributed by atoms with van der Waals surface area (Å²) < 4.78 is 16.3. The molecule has 194 valence electrons. The Hall–Kier alpha value is -4.19. The first-order chi connectivity index (χ1) is 18.4. The molecule has 1 unspecified atom stereocenters. The fraction of sp³-hybridized carbons (Fsp3) is 0.250. The Balaban J connectivity index is 1.47. The number of amides is 2. The summed E-state index contributed by atoms with van der Waals surface area (Å²) in [5.41, 5.74) is 3.42. The summed E-state index contributed by atoms with van der Waals surface area (Å²) in [6.07, 6.45) is 1.98. The number of rotatable bonds is 7. The number of halogens is 1. The van der Waals surface area contributed by atoms with Crippen LogP contribution in [0.3, 0.4) is 0 Å². The molecule has 3 aromatic carbocycles. The first-order valence-corrected chi connectivity index (χ1v) is 13.0. The van der Waals surface area contributed by atoms with Crippen molar-refractivity contribution in [2.24, 2.45) is 0 Å². The van der Waals surface area contributed by atoms with E-state index in [-0.39, 0.29) is 30.2 Å². The molecule has 4 aromatic rings. The second-order valence-electron chi connectivity index (χ2n) is 9.99. The number of carbonyl (C=O) groups is 2. The molecule has 1 aliphatic heterocycles. The molecule has 5 nitrogen and oxygen atoms in total. The average molecular weight is 510 g/mol. The zero-order valence-electron chi connectivity index (χ0n) is 21.7. The summed E-state index contributed by atoms with van der Waals surface area (Å²) in [5.74, 6) is -1.14. The van der Waals surface area contributed by atoms with Crippen molar-refractivity contribution in [2.45, 2.75) is 38.4 Å². The molecule has 0 saturated heterocycles. The van der Waals surface area contributed by atoms with Crippen LogP contribution in [0.4, 0.5) is 4.39 Å². The van der Waals surface area contributed by atoms with Gasteiger partial charge in [0.2, 0.25) is 11.8 Å². The topological polar surface area (TPSA) is 45.6 Å². The van der Waals surface area contributed by atoms with Crippen molar-refractivity contribution in [2.75, 3.05) is 13.1 Å².